The number of aromatic nitrogens is 2. The van der Waals surface area contributed by atoms with E-state index in [2.05, 4.69) is 39.9 Å². The Balaban J connectivity index is 1.90. The molecule has 6 heteroatoms. The molecule has 0 aliphatic heterocycles. The molecule has 0 radical (unpaired) electrons. The van der Waals surface area contributed by atoms with E-state index in [1.165, 1.54) is 5.56 Å². The minimum Gasteiger partial charge on any atom is -0.362 e. The molecule has 23 heavy (non-hydrogen) atoms. The van der Waals surface area contributed by atoms with Crippen molar-refractivity contribution in [3.63, 3.8) is 0 Å². The summed E-state index contributed by atoms with van der Waals surface area (Å²) in [5, 5.41) is 14.1. The van der Waals surface area contributed by atoms with Crippen LogP contribution in [0.4, 0.5) is 5.82 Å². The Labute approximate surface area is 136 Å². The van der Waals surface area contributed by atoms with Gasteiger partial charge in [-0.3, -0.25) is 4.79 Å². The van der Waals surface area contributed by atoms with Crippen LogP contribution < -0.4 is 10.6 Å². The lowest BCUT2D eigenvalue weighted by Gasteiger charge is -2.14. The second kappa shape index (κ2) is 8.24. The van der Waals surface area contributed by atoms with E-state index in [4.69, 9.17) is 0 Å². The van der Waals surface area contributed by atoms with Gasteiger partial charge in [0, 0.05) is 19.1 Å². The van der Waals surface area contributed by atoms with Crippen LogP contribution in [0, 0.1) is 0 Å². The lowest BCUT2D eigenvalue weighted by Crippen LogP contribution is -2.31. The van der Waals surface area contributed by atoms with Gasteiger partial charge in [0.05, 0.1) is 0 Å². The average molecular weight is 313 g/mol. The molecule has 0 saturated heterocycles. The molecule has 1 aromatic carbocycles. The normalized spacial score (nSPS) is 12.0. The lowest BCUT2D eigenvalue weighted by molar-refractivity contribution is 0.0945. The number of carbonyl (C=O) groups is 1. The smallest absolute Gasteiger partial charge is 0.271 e. The van der Waals surface area contributed by atoms with Gasteiger partial charge in [-0.15, -0.1) is 10.2 Å². The number of hydrogen-bond donors (Lipinski definition) is 2. The topological polar surface area (TPSA) is 70.2 Å². The second-order valence-corrected chi connectivity index (χ2v) is 5.64. The number of carbonyl (C=O) groups excluding carboxylic acids is 1. The fraction of sp³-hybridized carbons (Fsp3) is 0.353. The zero-order valence-corrected chi connectivity index (χ0v) is 13.8. The summed E-state index contributed by atoms with van der Waals surface area (Å²) >= 11 is 0. The van der Waals surface area contributed by atoms with Gasteiger partial charge in [0.15, 0.2) is 5.69 Å². The van der Waals surface area contributed by atoms with Gasteiger partial charge in [0.2, 0.25) is 0 Å². The van der Waals surface area contributed by atoms with Crippen LogP contribution in [0.5, 0.6) is 0 Å². The minimum absolute atomic E-state index is 0.116. The third-order valence-corrected chi connectivity index (χ3v) is 3.41. The van der Waals surface area contributed by atoms with Gasteiger partial charge in [-0.2, -0.15) is 0 Å². The van der Waals surface area contributed by atoms with Gasteiger partial charge in [0.1, 0.15) is 5.82 Å². The molecule has 0 aliphatic carbocycles. The van der Waals surface area contributed by atoms with Gasteiger partial charge in [0.25, 0.3) is 5.91 Å². The standard InChI is InChI=1S/C17H23N5O/c1-13(14-7-5-4-6-8-14)19-16-10-9-15(20-21-16)17(23)18-11-12-22(2)3/h4-10,13H,11-12H2,1-3H3,(H,18,23)(H,19,21). The summed E-state index contributed by atoms with van der Waals surface area (Å²) in [6.45, 7) is 3.42. The van der Waals surface area contributed by atoms with Crippen molar-refractivity contribution >= 4 is 11.7 Å². The summed E-state index contributed by atoms with van der Waals surface area (Å²) < 4.78 is 0. The van der Waals surface area contributed by atoms with Gasteiger partial charge < -0.3 is 15.5 Å². The van der Waals surface area contributed by atoms with Gasteiger partial charge >= 0.3 is 0 Å². The fourth-order valence-corrected chi connectivity index (χ4v) is 2.06. The number of amides is 1. The highest BCUT2D eigenvalue weighted by atomic mass is 16.1. The van der Waals surface area contributed by atoms with Crippen LogP contribution in [0.25, 0.3) is 0 Å². The summed E-state index contributed by atoms with van der Waals surface area (Å²) in [6.07, 6.45) is 0. The van der Waals surface area contributed by atoms with Crippen molar-refractivity contribution in [2.75, 3.05) is 32.5 Å². The Bertz CT molecular complexity index is 613. The van der Waals surface area contributed by atoms with E-state index in [1.54, 1.807) is 12.1 Å². The number of likely N-dealkylation sites (N-methyl/N-ethyl adjacent to an activating group) is 1. The summed E-state index contributed by atoms with van der Waals surface area (Å²) in [6, 6.07) is 13.7. The van der Waals surface area contributed by atoms with Crippen LogP contribution >= 0.6 is 0 Å². The van der Waals surface area contributed by atoms with Crippen LogP contribution in [-0.2, 0) is 0 Å². The Morgan fingerprint density at radius 3 is 2.48 bits per heavy atom. The molecular weight excluding hydrogens is 290 g/mol. The fourth-order valence-electron chi connectivity index (χ4n) is 2.06. The first-order valence-electron chi connectivity index (χ1n) is 7.64. The van der Waals surface area contributed by atoms with E-state index < -0.39 is 0 Å². The Morgan fingerprint density at radius 2 is 1.87 bits per heavy atom. The van der Waals surface area contributed by atoms with Crippen LogP contribution in [0.15, 0.2) is 42.5 Å². The highest BCUT2D eigenvalue weighted by Gasteiger charge is 2.09. The van der Waals surface area contributed by atoms with Crippen molar-refractivity contribution in [1.29, 1.82) is 0 Å². The first-order valence-corrected chi connectivity index (χ1v) is 7.64. The molecule has 2 N–H and O–H groups in total. The monoisotopic (exact) mass is 313 g/mol. The molecule has 0 aliphatic rings. The molecule has 6 nitrogen and oxygen atoms in total. The molecule has 1 unspecified atom stereocenters. The quantitative estimate of drug-likeness (QED) is 0.817. The van der Waals surface area contributed by atoms with Crippen molar-refractivity contribution < 1.29 is 4.79 Å². The molecule has 2 aromatic rings. The maximum absolute atomic E-state index is 11.9. The van der Waals surface area contributed by atoms with Crippen LogP contribution in [0.1, 0.15) is 29.0 Å². The molecule has 0 spiro atoms. The van der Waals surface area contributed by atoms with Crippen molar-refractivity contribution in [2.45, 2.75) is 13.0 Å². The number of nitrogens with one attached hydrogen (secondary N) is 2. The number of nitrogens with zero attached hydrogens (tertiary/aromatic N) is 3. The third kappa shape index (κ3) is 5.34. The summed E-state index contributed by atoms with van der Waals surface area (Å²) in [5.41, 5.74) is 1.49. The van der Waals surface area contributed by atoms with Gasteiger partial charge in [-0.1, -0.05) is 30.3 Å². The van der Waals surface area contributed by atoms with Crippen molar-refractivity contribution in [3.05, 3.63) is 53.7 Å². The molecule has 0 saturated carbocycles. The Kier molecular flexibility index (Phi) is 6.05. The van der Waals surface area contributed by atoms with Crippen LogP contribution in [0.3, 0.4) is 0 Å². The van der Waals surface area contributed by atoms with Crippen molar-refractivity contribution in [2.24, 2.45) is 0 Å². The minimum atomic E-state index is -0.206. The largest absolute Gasteiger partial charge is 0.362 e. The summed E-state index contributed by atoms with van der Waals surface area (Å²) in [4.78, 5) is 13.9. The van der Waals surface area contributed by atoms with Gasteiger partial charge in [-0.05, 0) is 38.7 Å². The average Bonchev–Trinajstić information content (AvgIpc) is 2.56. The zero-order chi connectivity index (χ0) is 16.7. The number of benzene rings is 1. The van der Waals surface area contributed by atoms with E-state index >= 15 is 0 Å². The number of hydrogen-bond acceptors (Lipinski definition) is 5. The molecule has 0 bridgehead atoms. The van der Waals surface area contributed by atoms with Crippen molar-refractivity contribution in [3.8, 4) is 0 Å². The van der Waals surface area contributed by atoms with E-state index in [-0.39, 0.29) is 11.9 Å². The second-order valence-electron chi connectivity index (χ2n) is 5.64. The maximum Gasteiger partial charge on any atom is 0.271 e. The SMILES string of the molecule is CC(Nc1ccc(C(=O)NCCN(C)C)nn1)c1ccccc1. The van der Waals surface area contributed by atoms with Gasteiger partial charge in [-0.25, -0.2) is 0 Å². The molecule has 1 amide bonds. The number of anilines is 1. The number of rotatable bonds is 7. The van der Waals surface area contributed by atoms with E-state index in [9.17, 15) is 4.79 Å². The first-order chi connectivity index (χ1) is 11.1. The predicted octanol–water partition coefficient (Wildman–Crippen LogP) is 1.94. The van der Waals surface area contributed by atoms with E-state index in [0.717, 1.165) is 6.54 Å². The highest BCUT2D eigenvalue weighted by Crippen LogP contribution is 2.16. The molecule has 2 rings (SSSR count). The molecule has 122 valence electrons. The van der Waals surface area contributed by atoms with Crippen LogP contribution in [0.2, 0.25) is 0 Å². The van der Waals surface area contributed by atoms with Crippen molar-refractivity contribution in [1.82, 2.24) is 20.4 Å². The van der Waals surface area contributed by atoms with E-state index in [0.29, 0.717) is 18.1 Å². The van der Waals surface area contributed by atoms with E-state index in [1.807, 2.05) is 37.2 Å². The molecule has 1 atom stereocenters. The maximum atomic E-state index is 11.9. The third-order valence-electron chi connectivity index (χ3n) is 3.41. The summed E-state index contributed by atoms with van der Waals surface area (Å²) in [7, 11) is 3.92. The molecule has 1 aromatic heterocycles. The molecule has 0 fully saturated rings. The Hall–Kier alpha value is -2.47. The Morgan fingerprint density at radius 1 is 1.13 bits per heavy atom. The molecule has 1 heterocycles. The summed E-state index contributed by atoms with van der Waals surface area (Å²) in [5.74, 6) is 0.438. The lowest BCUT2D eigenvalue weighted by atomic mass is 10.1. The van der Waals surface area contributed by atoms with Crippen LogP contribution in [-0.4, -0.2) is 48.2 Å². The highest BCUT2D eigenvalue weighted by molar-refractivity contribution is 5.92. The predicted molar refractivity (Wildman–Crippen MR) is 91.4 cm³/mol. The molecular formula is C17H23N5O. The zero-order valence-electron chi connectivity index (χ0n) is 13.8. The first kappa shape index (κ1) is 16.9.